The molecule has 0 aliphatic rings. The second-order valence-electron chi connectivity index (χ2n) is 5.13. The van der Waals surface area contributed by atoms with E-state index >= 15 is 0 Å². The van der Waals surface area contributed by atoms with E-state index in [2.05, 4.69) is 15.3 Å². The average Bonchev–Trinajstić information content (AvgIpc) is 2.59. The van der Waals surface area contributed by atoms with E-state index in [0.717, 1.165) is 5.56 Å². The molecule has 7 heteroatoms. The van der Waals surface area contributed by atoms with E-state index in [1.54, 1.807) is 36.4 Å². The molecule has 0 amide bonds. The van der Waals surface area contributed by atoms with Gasteiger partial charge in [-0.25, -0.2) is 13.8 Å². The second-order valence-corrected chi connectivity index (χ2v) is 5.13. The number of H-pyrrole nitrogens is 1. The number of ether oxygens (including phenoxy) is 1. The van der Waals surface area contributed by atoms with Gasteiger partial charge in [-0.1, -0.05) is 24.3 Å². The van der Waals surface area contributed by atoms with Crippen molar-refractivity contribution in [2.45, 2.75) is 13.0 Å². The number of nitrogens with one attached hydrogen (secondary N) is 2. The van der Waals surface area contributed by atoms with E-state index < -0.39 is 13.0 Å². The zero-order valence-electron chi connectivity index (χ0n) is 12.6. The Balaban J connectivity index is 1.72. The lowest BCUT2D eigenvalue weighted by Crippen LogP contribution is -2.13. The van der Waals surface area contributed by atoms with Crippen LogP contribution in [-0.4, -0.2) is 23.0 Å². The third-order valence-electron chi connectivity index (χ3n) is 3.35. The fourth-order valence-corrected chi connectivity index (χ4v) is 2.26. The zero-order chi connectivity index (χ0) is 16.9. The van der Waals surface area contributed by atoms with Crippen molar-refractivity contribution < 1.29 is 13.5 Å². The van der Waals surface area contributed by atoms with E-state index in [1.807, 2.05) is 12.1 Å². The molecule has 3 aromatic rings. The second kappa shape index (κ2) is 7.08. The number of hydrogen-bond acceptors (Lipinski definition) is 4. The van der Waals surface area contributed by atoms with Gasteiger partial charge in [0.1, 0.15) is 12.4 Å². The van der Waals surface area contributed by atoms with Crippen LogP contribution < -0.4 is 15.6 Å². The quantitative estimate of drug-likeness (QED) is 0.728. The summed E-state index contributed by atoms with van der Waals surface area (Å²) in [6, 6.07) is 13.9. The predicted molar refractivity (Wildman–Crippen MR) is 87.6 cm³/mol. The Bertz CT molecular complexity index is 896. The first-order valence-corrected chi connectivity index (χ1v) is 7.34. The Hall–Kier alpha value is -2.96. The van der Waals surface area contributed by atoms with Crippen LogP contribution in [0.1, 0.15) is 5.56 Å². The number of rotatable bonds is 6. The smallest absolute Gasteiger partial charge is 0.272 e. The first kappa shape index (κ1) is 15.9. The van der Waals surface area contributed by atoms with Gasteiger partial charge < -0.3 is 10.1 Å². The summed E-state index contributed by atoms with van der Waals surface area (Å²) in [4.78, 5) is 19.0. The molecule has 0 saturated carbocycles. The van der Waals surface area contributed by atoms with Crippen LogP contribution in [0.5, 0.6) is 5.75 Å². The molecule has 0 aliphatic heterocycles. The van der Waals surface area contributed by atoms with Crippen LogP contribution in [0.15, 0.2) is 53.3 Å². The van der Waals surface area contributed by atoms with Gasteiger partial charge in [-0.3, -0.25) is 9.78 Å². The number of hydrogen-bond donors (Lipinski definition) is 2. The van der Waals surface area contributed by atoms with Crippen molar-refractivity contribution in [2.24, 2.45) is 0 Å². The SMILES string of the molecule is O=c1[nH]c(NCc2cccc(OCC(F)F)c2)nc2ccccc12. The first-order chi connectivity index (χ1) is 11.6. The lowest BCUT2D eigenvalue weighted by molar-refractivity contribution is 0.0818. The summed E-state index contributed by atoms with van der Waals surface area (Å²) in [5, 5.41) is 3.53. The Labute approximate surface area is 136 Å². The van der Waals surface area contributed by atoms with Crippen molar-refractivity contribution in [3.63, 3.8) is 0 Å². The summed E-state index contributed by atoms with van der Waals surface area (Å²) >= 11 is 0. The third kappa shape index (κ3) is 3.87. The lowest BCUT2D eigenvalue weighted by Gasteiger charge is -2.09. The van der Waals surface area contributed by atoms with Crippen molar-refractivity contribution >= 4 is 16.9 Å². The van der Waals surface area contributed by atoms with Gasteiger partial charge in [-0.2, -0.15) is 0 Å². The monoisotopic (exact) mass is 331 g/mol. The molecule has 0 unspecified atom stereocenters. The van der Waals surface area contributed by atoms with Gasteiger partial charge in [-0.05, 0) is 29.8 Å². The maximum Gasteiger partial charge on any atom is 0.272 e. The highest BCUT2D eigenvalue weighted by atomic mass is 19.3. The van der Waals surface area contributed by atoms with Gasteiger partial charge in [0.25, 0.3) is 12.0 Å². The van der Waals surface area contributed by atoms with Crippen LogP contribution >= 0.6 is 0 Å². The van der Waals surface area contributed by atoms with Crippen LogP contribution in [0.2, 0.25) is 0 Å². The Morgan fingerprint density at radius 3 is 2.83 bits per heavy atom. The minimum Gasteiger partial charge on any atom is -0.488 e. The number of fused-ring (bicyclic) bond motifs is 1. The number of anilines is 1. The van der Waals surface area contributed by atoms with Crippen LogP contribution in [-0.2, 0) is 6.54 Å². The highest BCUT2D eigenvalue weighted by molar-refractivity contribution is 5.78. The maximum atomic E-state index is 12.2. The van der Waals surface area contributed by atoms with Gasteiger partial charge >= 0.3 is 0 Å². The fourth-order valence-electron chi connectivity index (χ4n) is 2.26. The van der Waals surface area contributed by atoms with E-state index in [4.69, 9.17) is 4.74 Å². The molecule has 0 spiro atoms. The van der Waals surface area contributed by atoms with Crippen LogP contribution in [0, 0.1) is 0 Å². The van der Waals surface area contributed by atoms with Crippen LogP contribution in [0.4, 0.5) is 14.7 Å². The molecular weight excluding hydrogens is 316 g/mol. The molecule has 0 saturated heterocycles. The highest BCUT2D eigenvalue weighted by Gasteiger charge is 2.05. The molecule has 0 aliphatic carbocycles. The van der Waals surface area contributed by atoms with Crippen molar-refractivity contribution in [3.8, 4) is 5.75 Å². The number of nitrogens with zero attached hydrogens (tertiary/aromatic N) is 1. The summed E-state index contributed by atoms with van der Waals surface area (Å²) < 4.78 is 29.3. The van der Waals surface area contributed by atoms with Crippen molar-refractivity contribution in [1.82, 2.24) is 9.97 Å². The third-order valence-corrected chi connectivity index (χ3v) is 3.35. The minimum absolute atomic E-state index is 0.225. The summed E-state index contributed by atoms with van der Waals surface area (Å²) in [5.74, 6) is 0.715. The molecule has 0 bridgehead atoms. The first-order valence-electron chi connectivity index (χ1n) is 7.34. The molecule has 0 atom stereocenters. The Morgan fingerprint density at radius 2 is 2.00 bits per heavy atom. The average molecular weight is 331 g/mol. The molecule has 2 aromatic carbocycles. The lowest BCUT2D eigenvalue weighted by atomic mass is 10.2. The van der Waals surface area contributed by atoms with Gasteiger partial charge in [0.05, 0.1) is 10.9 Å². The van der Waals surface area contributed by atoms with Crippen molar-refractivity contribution in [1.29, 1.82) is 0 Å². The number of benzene rings is 2. The molecule has 5 nitrogen and oxygen atoms in total. The van der Waals surface area contributed by atoms with Crippen LogP contribution in [0.3, 0.4) is 0 Å². The van der Waals surface area contributed by atoms with Gasteiger partial charge in [0.15, 0.2) is 0 Å². The zero-order valence-corrected chi connectivity index (χ0v) is 12.6. The standard InChI is InChI=1S/C17H15F2N3O2/c18-15(19)10-24-12-5-3-4-11(8-12)9-20-17-21-14-7-2-1-6-13(14)16(23)22-17/h1-8,15H,9-10H2,(H2,20,21,22,23). The van der Waals surface area contributed by atoms with Gasteiger partial charge in [0.2, 0.25) is 5.95 Å². The normalized spacial score (nSPS) is 11.0. The topological polar surface area (TPSA) is 67.0 Å². The summed E-state index contributed by atoms with van der Waals surface area (Å²) in [7, 11) is 0. The molecule has 124 valence electrons. The molecule has 1 aromatic heterocycles. The number of halogens is 2. The van der Waals surface area contributed by atoms with E-state index in [1.165, 1.54) is 0 Å². The molecule has 1 heterocycles. The predicted octanol–water partition coefficient (Wildman–Crippen LogP) is 3.18. The fraction of sp³-hybridized carbons (Fsp3) is 0.176. The Morgan fingerprint density at radius 1 is 1.17 bits per heavy atom. The van der Waals surface area contributed by atoms with Gasteiger partial charge in [0, 0.05) is 6.54 Å². The number of aromatic amines is 1. The van der Waals surface area contributed by atoms with Gasteiger partial charge in [-0.15, -0.1) is 0 Å². The molecular formula is C17H15F2N3O2. The largest absolute Gasteiger partial charge is 0.488 e. The van der Waals surface area contributed by atoms with Crippen LogP contribution in [0.25, 0.3) is 10.9 Å². The number of para-hydroxylation sites is 1. The molecule has 3 rings (SSSR count). The molecule has 0 fully saturated rings. The summed E-state index contributed by atoms with van der Waals surface area (Å²) in [5.41, 5.74) is 1.19. The highest BCUT2D eigenvalue weighted by Crippen LogP contribution is 2.15. The summed E-state index contributed by atoms with van der Waals surface area (Å²) in [6.45, 7) is -0.274. The van der Waals surface area contributed by atoms with Crippen molar-refractivity contribution in [2.75, 3.05) is 11.9 Å². The van der Waals surface area contributed by atoms with Crippen molar-refractivity contribution in [3.05, 3.63) is 64.4 Å². The van der Waals surface area contributed by atoms with E-state index in [-0.39, 0.29) is 5.56 Å². The van der Waals surface area contributed by atoms with E-state index in [0.29, 0.717) is 29.1 Å². The Kier molecular flexibility index (Phi) is 4.69. The molecule has 24 heavy (non-hydrogen) atoms. The maximum absolute atomic E-state index is 12.2. The molecule has 0 radical (unpaired) electrons. The molecule has 2 N–H and O–H groups in total. The summed E-state index contributed by atoms with van der Waals surface area (Å²) in [6.07, 6.45) is -2.52. The number of aromatic nitrogens is 2. The van der Waals surface area contributed by atoms with E-state index in [9.17, 15) is 13.6 Å². The number of alkyl halides is 2. The minimum atomic E-state index is -2.52.